The molecule has 0 aromatic rings. The molecule has 0 bridgehead atoms. The molecular formula is C79H134N22O27S. The van der Waals surface area contributed by atoms with E-state index in [4.69, 9.17) is 17.2 Å². The molecule has 129 heavy (non-hydrogen) atoms. The fraction of sp³-hybridized carbons (Fsp3) is 0.734. The van der Waals surface area contributed by atoms with Crippen molar-refractivity contribution in [3.05, 3.63) is 0 Å². The monoisotopic (exact) mass is 1850 g/mol. The maximum absolute atomic E-state index is 14.5. The lowest BCUT2D eigenvalue weighted by atomic mass is 9.99. The number of aliphatic hydroxyl groups excluding tert-OH is 5. The van der Waals surface area contributed by atoms with E-state index in [9.17, 15) is 132 Å². The number of amides is 18. The van der Waals surface area contributed by atoms with Crippen molar-refractivity contribution in [3.63, 3.8) is 0 Å². The molecule has 0 aromatic heterocycles. The number of hydrogen-bond donors (Lipinski definition) is 26. The third-order valence-corrected chi connectivity index (χ3v) is 21.6. The number of aliphatic hydroxyl groups is 5. The maximum Gasteiger partial charge on any atom is 0.326 e. The van der Waals surface area contributed by atoms with Crippen LogP contribution in [0.3, 0.4) is 0 Å². The van der Waals surface area contributed by atoms with Crippen LogP contribution >= 0.6 is 12.6 Å². The lowest BCUT2D eigenvalue weighted by Gasteiger charge is -2.32. The number of hydrogen-bond acceptors (Lipinski definition) is 28. The zero-order chi connectivity index (χ0) is 97.9. The molecule has 0 radical (unpaired) electrons. The molecular weight excluding hydrogens is 1720 g/mol. The van der Waals surface area contributed by atoms with E-state index in [2.05, 4.69) is 97.4 Å². The molecule has 3 saturated heterocycles. The van der Waals surface area contributed by atoms with Crippen molar-refractivity contribution in [2.45, 2.75) is 276 Å². The summed E-state index contributed by atoms with van der Waals surface area (Å²) in [5.74, 6) is -23.5. The largest absolute Gasteiger partial charge is 0.481 e. The smallest absolute Gasteiger partial charge is 0.326 e. The molecule has 3 heterocycles. The molecule has 19 atom stereocenters. The average molecular weight is 1860 g/mol. The molecule has 0 unspecified atom stereocenters. The van der Waals surface area contributed by atoms with Crippen molar-refractivity contribution in [3.8, 4) is 0 Å². The van der Waals surface area contributed by atoms with E-state index < -0.39 is 296 Å². The zero-order valence-corrected chi connectivity index (χ0v) is 75.9. The normalized spacial score (nSPS) is 18.6. The fourth-order valence-electron chi connectivity index (χ4n) is 14.1. The fourth-order valence-corrected chi connectivity index (χ4v) is 14.4. The summed E-state index contributed by atoms with van der Waals surface area (Å²) in [5, 5.41) is 107. The number of carboxylic acid groups (broad SMARTS) is 2. The van der Waals surface area contributed by atoms with Gasteiger partial charge in [0.2, 0.25) is 106 Å². The van der Waals surface area contributed by atoms with Crippen LogP contribution in [0.4, 0.5) is 0 Å². The number of guanidine groups is 1. The second-order valence-electron chi connectivity index (χ2n) is 33.9. The Morgan fingerprint density at radius 2 is 0.767 bits per heavy atom. The Kier molecular flexibility index (Phi) is 47.1. The lowest BCUT2D eigenvalue weighted by Crippen LogP contribution is -2.63. The van der Waals surface area contributed by atoms with Gasteiger partial charge in [-0.15, -0.1) is 0 Å². The molecule has 18 amide bonds. The minimum absolute atomic E-state index is 0.00422. The van der Waals surface area contributed by atoms with Gasteiger partial charge in [0, 0.05) is 31.9 Å². The summed E-state index contributed by atoms with van der Waals surface area (Å²) in [7, 11) is 0. The van der Waals surface area contributed by atoms with Crippen LogP contribution in [0.15, 0.2) is 4.99 Å². The quantitative estimate of drug-likeness (QED) is 0.0116. The molecule has 3 aliphatic heterocycles. The highest BCUT2D eigenvalue weighted by atomic mass is 32.1. The Labute approximate surface area is 752 Å². The van der Waals surface area contributed by atoms with E-state index in [1.807, 2.05) is 0 Å². The van der Waals surface area contributed by atoms with Crippen molar-refractivity contribution < 1.29 is 132 Å². The van der Waals surface area contributed by atoms with Crippen LogP contribution in [0, 0.1) is 29.6 Å². The molecule has 3 rings (SSSR count). The van der Waals surface area contributed by atoms with Crippen LogP contribution in [-0.4, -0.2) is 354 Å². The molecule has 28 N–H and O–H groups in total. The zero-order valence-electron chi connectivity index (χ0n) is 75.0. The van der Waals surface area contributed by atoms with Crippen LogP contribution in [0.5, 0.6) is 0 Å². The van der Waals surface area contributed by atoms with Crippen LogP contribution in [0.1, 0.15) is 161 Å². The van der Waals surface area contributed by atoms with Crippen molar-refractivity contribution in [1.82, 2.24) is 94.5 Å². The highest BCUT2D eigenvalue weighted by molar-refractivity contribution is 7.80. The molecule has 3 aliphatic rings. The first-order chi connectivity index (χ1) is 60.4. The van der Waals surface area contributed by atoms with Gasteiger partial charge in [0.1, 0.15) is 103 Å². The molecule has 0 aromatic carbocycles. The summed E-state index contributed by atoms with van der Waals surface area (Å²) < 4.78 is 0. The highest BCUT2D eigenvalue weighted by Gasteiger charge is 2.46. The molecule has 0 aliphatic carbocycles. The van der Waals surface area contributed by atoms with Gasteiger partial charge in [-0.25, -0.2) is 4.79 Å². The van der Waals surface area contributed by atoms with Gasteiger partial charge in [-0.2, -0.15) is 12.6 Å². The SMILES string of the molecule is CC(C)C[C@H](NC(=O)[C@@H](NC(=O)[C@H](CO)NC(=O)CNC(=O)[C@@H](NC(=O)[C@@H](NC(=O)[C@H](CO)NC(=O)CNC(=O)[C@H](CCCN=C(N)N)NC(=O)[C@@H](NC(=O)[C@@H](N)CO)C(C)C)C(C)C)C(C)C)[C@@H](C)O)C(=O)N[C@H](C(=O)N1CCC[C@H]1C(=O)N[C@@H](CC(C)C)C(=O)N[C@@H](C)C(=O)N[C@@H](CS)C(=O)N1CCC[C@H]1C(=O)N[C@@H](CC(=O)O)C(=O)N1CCC[C@H]1C(=O)O)[C@@H](C)O. The third-order valence-electron chi connectivity index (χ3n) is 21.2. The van der Waals surface area contributed by atoms with Gasteiger partial charge in [-0.05, 0) is 115 Å². The minimum atomic E-state index is -1.93. The number of likely N-dealkylation sites (tertiary alicyclic amines) is 3. The van der Waals surface area contributed by atoms with Crippen molar-refractivity contribution >= 4 is 137 Å². The molecule has 728 valence electrons. The number of carbonyl (C=O) groups is 20. The molecule has 50 heteroatoms. The standard InChI is InChI=1S/C79H134N22O27S/c1-35(2)26-45(65(114)86-40(11)62(111)93-50(34-129)76(125)99-23-15-19-51(99)70(119)92-47(28-56(109)110)75(124)101-25-17-21-53(101)78(127)128)90-69(118)52-20-16-24-100(52)77(126)61(42(13)106)98-66(115)46(27-36(3)4)91-74(123)60(41(12)105)97-68(117)49(33-104)88-55(108)30-85-71(120)57(37(5)6)96-73(122)59(39(9)10)95-67(116)48(32-103)87-54(107)29-84-64(113)44(18-14-22-83-79(81)82)89-72(121)58(38(7)8)94-63(112)43(80)31-102/h35-53,57-61,102-106,129H,14-34,80H2,1-13H3,(H,84,113)(H,85,120)(H,86,114)(H,87,107)(H,88,108)(H,89,121)(H,90,118)(H,91,123)(H,92,119)(H,93,111)(H,94,112)(H,95,116)(H,96,122)(H,97,117)(H,98,115)(H,109,110)(H,127,128)(H4,81,82,83)/t40-,41+,42+,43-,44-,45-,46-,47-,48-,49-,50-,51-,52-,53-,57-,58-,59-,60-,61-/m0/s1. The van der Waals surface area contributed by atoms with E-state index in [1.165, 1.54) is 34.6 Å². The number of rotatable bonds is 53. The van der Waals surface area contributed by atoms with Gasteiger partial charge in [0.15, 0.2) is 5.96 Å². The average Bonchev–Trinajstić information content (AvgIpc) is 1.80. The van der Waals surface area contributed by atoms with Crippen LogP contribution in [0.25, 0.3) is 0 Å². The van der Waals surface area contributed by atoms with E-state index in [0.717, 1.165) is 28.5 Å². The summed E-state index contributed by atoms with van der Waals surface area (Å²) in [4.78, 5) is 278. The number of carboxylic acids is 2. The summed E-state index contributed by atoms with van der Waals surface area (Å²) in [5.41, 5.74) is 16.4. The first kappa shape index (κ1) is 112. The van der Waals surface area contributed by atoms with Gasteiger partial charge in [0.25, 0.3) is 0 Å². The Morgan fingerprint density at radius 3 is 1.21 bits per heavy atom. The topological polar surface area (TPSA) is 764 Å². The van der Waals surface area contributed by atoms with Crippen LogP contribution < -0.4 is 97.0 Å². The highest BCUT2D eigenvalue weighted by Crippen LogP contribution is 2.25. The number of nitrogens with one attached hydrogen (secondary N) is 15. The van der Waals surface area contributed by atoms with Crippen molar-refractivity contribution in [1.29, 1.82) is 0 Å². The predicted molar refractivity (Wildman–Crippen MR) is 461 cm³/mol. The van der Waals surface area contributed by atoms with Gasteiger partial charge in [0.05, 0.1) is 51.5 Å². The number of nitrogens with two attached hydrogens (primary N) is 3. The lowest BCUT2D eigenvalue weighted by molar-refractivity contribution is -0.151. The van der Waals surface area contributed by atoms with E-state index in [-0.39, 0.29) is 102 Å². The van der Waals surface area contributed by atoms with Crippen molar-refractivity contribution in [2.75, 3.05) is 64.8 Å². The molecule has 0 spiro atoms. The van der Waals surface area contributed by atoms with Gasteiger partial charge >= 0.3 is 11.9 Å². The Hall–Kier alpha value is -11.2. The van der Waals surface area contributed by atoms with E-state index >= 15 is 0 Å². The Bertz CT molecular complexity index is 3960. The van der Waals surface area contributed by atoms with Gasteiger partial charge in [-0.1, -0.05) is 69.2 Å². The van der Waals surface area contributed by atoms with Gasteiger partial charge in [-0.3, -0.25) is 96.1 Å². The minimum Gasteiger partial charge on any atom is -0.481 e. The Balaban J connectivity index is 1.67. The van der Waals surface area contributed by atoms with Crippen LogP contribution in [0.2, 0.25) is 0 Å². The third kappa shape index (κ3) is 35.6. The number of aliphatic carboxylic acids is 2. The molecule has 49 nitrogen and oxygen atoms in total. The Morgan fingerprint density at radius 1 is 0.395 bits per heavy atom. The first-order valence-electron chi connectivity index (χ1n) is 42.8. The molecule has 0 saturated carbocycles. The summed E-state index contributed by atoms with van der Waals surface area (Å²) in [6.45, 7) is 14.8. The number of carbonyl (C=O) groups excluding carboxylic acids is 18. The number of thiol groups is 1. The summed E-state index contributed by atoms with van der Waals surface area (Å²) in [6.07, 6.45) is -3.45. The second kappa shape index (κ2) is 54.3. The van der Waals surface area contributed by atoms with Gasteiger partial charge < -0.3 is 147 Å². The number of aliphatic imine (C=N–C) groups is 1. The maximum atomic E-state index is 14.5. The first-order valence-corrected chi connectivity index (χ1v) is 43.4. The van der Waals surface area contributed by atoms with E-state index in [0.29, 0.717) is 6.42 Å². The number of nitrogens with zero attached hydrogens (tertiary/aromatic N) is 4. The summed E-state index contributed by atoms with van der Waals surface area (Å²) in [6, 6.07) is -25.4. The molecule has 3 fully saturated rings. The van der Waals surface area contributed by atoms with Crippen LogP contribution in [-0.2, 0) is 95.9 Å². The predicted octanol–water partition coefficient (Wildman–Crippen LogP) is -10.8. The summed E-state index contributed by atoms with van der Waals surface area (Å²) >= 11 is 4.26. The van der Waals surface area contributed by atoms with E-state index in [1.54, 1.807) is 41.5 Å². The van der Waals surface area contributed by atoms with Crippen molar-refractivity contribution in [2.24, 2.45) is 51.8 Å². The second-order valence-corrected chi connectivity index (χ2v) is 34.3.